The maximum absolute atomic E-state index is 11.5. The average molecular weight is 194 g/mol. The molecule has 2 rings (SSSR count). The highest BCUT2D eigenvalue weighted by molar-refractivity contribution is 4.86. The van der Waals surface area contributed by atoms with E-state index in [1.807, 2.05) is 10.8 Å². The fourth-order valence-electron chi connectivity index (χ4n) is 2.62. The molecule has 2 atom stereocenters. The van der Waals surface area contributed by atoms with Gasteiger partial charge in [0, 0.05) is 18.4 Å². The zero-order valence-corrected chi connectivity index (χ0v) is 8.70. The monoisotopic (exact) mass is 194 g/mol. The van der Waals surface area contributed by atoms with Gasteiger partial charge in [-0.3, -0.25) is 4.57 Å². The van der Waals surface area contributed by atoms with E-state index < -0.39 is 0 Å². The first-order chi connectivity index (χ1) is 6.83. The number of H-pyrrole nitrogens is 1. The molecule has 1 heterocycles. The van der Waals surface area contributed by atoms with Crippen LogP contribution >= 0.6 is 0 Å². The van der Waals surface area contributed by atoms with Gasteiger partial charge in [-0.05, 0) is 18.8 Å². The molecule has 2 unspecified atom stereocenters. The van der Waals surface area contributed by atoms with Crippen molar-refractivity contribution >= 4 is 0 Å². The standard InChI is InChI=1S/C11H18N2O/c1-2-9-5-3-4-6-10(9)13-8-7-12-11(13)14/h7-10H,2-6H2,1H3,(H,12,14). The minimum absolute atomic E-state index is 0.0513. The molecule has 0 spiro atoms. The number of aromatic amines is 1. The van der Waals surface area contributed by atoms with Gasteiger partial charge in [-0.1, -0.05) is 26.2 Å². The van der Waals surface area contributed by atoms with Crippen LogP contribution in [-0.4, -0.2) is 9.55 Å². The maximum atomic E-state index is 11.5. The first-order valence-electron chi connectivity index (χ1n) is 5.58. The Morgan fingerprint density at radius 1 is 1.50 bits per heavy atom. The summed E-state index contributed by atoms with van der Waals surface area (Å²) in [5.41, 5.74) is 0.0513. The quantitative estimate of drug-likeness (QED) is 0.770. The molecule has 1 aliphatic rings. The molecule has 0 aromatic carbocycles. The molecule has 78 valence electrons. The third kappa shape index (κ3) is 1.63. The summed E-state index contributed by atoms with van der Waals surface area (Å²) in [5.74, 6) is 0.692. The molecule has 1 aliphatic carbocycles. The minimum atomic E-state index is 0.0513. The molecule has 0 radical (unpaired) electrons. The van der Waals surface area contributed by atoms with E-state index in [2.05, 4.69) is 11.9 Å². The van der Waals surface area contributed by atoms with Gasteiger partial charge in [0.25, 0.3) is 0 Å². The van der Waals surface area contributed by atoms with Gasteiger partial charge in [-0.25, -0.2) is 4.79 Å². The Labute approximate surface area is 84.1 Å². The third-order valence-corrected chi connectivity index (χ3v) is 3.43. The lowest BCUT2D eigenvalue weighted by Gasteiger charge is -2.31. The van der Waals surface area contributed by atoms with Crippen LogP contribution in [0.2, 0.25) is 0 Å². The molecule has 0 bridgehead atoms. The lowest BCUT2D eigenvalue weighted by molar-refractivity contribution is 0.228. The van der Waals surface area contributed by atoms with Crippen molar-refractivity contribution in [2.24, 2.45) is 5.92 Å². The van der Waals surface area contributed by atoms with E-state index >= 15 is 0 Å². The molecule has 3 nitrogen and oxygen atoms in total. The average Bonchev–Trinajstić information content (AvgIpc) is 2.64. The van der Waals surface area contributed by atoms with Crippen LogP contribution in [0.3, 0.4) is 0 Å². The Morgan fingerprint density at radius 2 is 2.29 bits per heavy atom. The number of imidazole rings is 1. The topological polar surface area (TPSA) is 37.8 Å². The van der Waals surface area contributed by atoms with E-state index in [-0.39, 0.29) is 5.69 Å². The molecule has 1 aromatic rings. The van der Waals surface area contributed by atoms with Crippen LogP contribution in [-0.2, 0) is 0 Å². The number of aromatic nitrogens is 2. The molecule has 1 fully saturated rings. The lowest BCUT2D eigenvalue weighted by atomic mass is 9.83. The van der Waals surface area contributed by atoms with Crippen molar-refractivity contribution in [2.45, 2.75) is 45.1 Å². The highest BCUT2D eigenvalue weighted by Gasteiger charge is 2.25. The van der Waals surface area contributed by atoms with Gasteiger partial charge < -0.3 is 4.98 Å². The van der Waals surface area contributed by atoms with Crippen LogP contribution in [0, 0.1) is 5.92 Å². The Morgan fingerprint density at radius 3 is 2.93 bits per heavy atom. The van der Waals surface area contributed by atoms with Crippen molar-refractivity contribution in [1.29, 1.82) is 0 Å². The largest absolute Gasteiger partial charge is 0.325 e. The van der Waals surface area contributed by atoms with E-state index in [0.717, 1.165) is 6.42 Å². The van der Waals surface area contributed by atoms with Crippen molar-refractivity contribution in [3.05, 3.63) is 22.9 Å². The first-order valence-corrected chi connectivity index (χ1v) is 5.58. The number of rotatable bonds is 2. The van der Waals surface area contributed by atoms with Crippen molar-refractivity contribution in [2.75, 3.05) is 0 Å². The minimum Gasteiger partial charge on any atom is -0.313 e. The molecule has 1 aromatic heterocycles. The first kappa shape index (κ1) is 9.56. The highest BCUT2D eigenvalue weighted by Crippen LogP contribution is 2.34. The predicted octanol–water partition coefficient (Wildman–Crippen LogP) is 2.32. The summed E-state index contributed by atoms with van der Waals surface area (Å²) < 4.78 is 1.88. The third-order valence-electron chi connectivity index (χ3n) is 3.43. The zero-order chi connectivity index (χ0) is 9.97. The van der Waals surface area contributed by atoms with Crippen LogP contribution in [0.15, 0.2) is 17.2 Å². The molecular formula is C11H18N2O. The smallest absolute Gasteiger partial charge is 0.313 e. The van der Waals surface area contributed by atoms with E-state index in [1.165, 1.54) is 25.7 Å². The summed E-state index contributed by atoms with van der Waals surface area (Å²) in [6.07, 6.45) is 9.84. The second kappa shape index (κ2) is 4.03. The second-order valence-corrected chi connectivity index (χ2v) is 4.19. The van der Waals surface area contributed by atoms with E-state index in [0.29, 0.717) is 12.0 Å². The van der Waals surface area contributed by atoms with E-state index in [9.17, 15) is 4.79 Å². The number of hydrogen-bond donors (Lipinski definition) is 1. The second-order valence-electron chi connectivity index (χ2n) is 4.19. The Kier molecular flexibility index (Phi) is 2.75. The summed E-state index contributed by atoms with van der Waals surface area (Å²) in [7, 11) is 0. The molecule has 14 heavy (non-hydrogen) atoms. The number of hydrogen-bond acceptors (Lipinski definition) is 1. The van der Waals surface area contributed by atoms with Crippen molar-refractivity contribution in [1.82, 2.24) is 9.55 Å². The number of nitrogens with one attached hydrogen (secondary N) is 1. The van der Waals surface area contributed by atoms with E-state index in [4.69, 9.17) is 0 Å². The highest BCUT2D eigenvalue weighted by atomic mass is 16.1. The van der Waals surface area contributed by atoms with Crippen LogP contribution in [0.5, 0.6) is 0 Å². The van der Waals surface area contributed by atoms with Gasteiger partial charge in [-0.15, -0.1) is 0 Å². The molecule has 0 amide bonds. The maximum Gasteiger partial charge on any atom is 0.325 e. The molecule has 1 saturated carbocycles. The summed E-state index contributed by atoms with van der Waals surface area (Å²) >= 11 is 0. The summed E-state index contributed by atoms with van der Waals surface area (Å²) in [5, 5.41) is 0. The zero-order valence-electron chi connectivity index (χ0n) is 8.70. The Balaban J connectivity index is 2.23. The van der Waals surface area contributed by atoms with Crippen molar-refractivity contribution in [3.8, 4) is 0 Å². The SMILES string of the molecule is CCC1CCCCC1n1cc[nH]c1=O. The van der Waals surface area contributed by atoms with Gasteiger partial charge in [0.05, 0.1) is 0 Å². The van der Waals surface area contributed by atoms with Crippen LogP contribution in [0.4, 0.5) is 0 Å². The molecule has 1 N–H and O–H groups in total. The predicted molar refractivity (Wildman–Crippen MR) is 56.3 cm³/mol. The van der Waals surface area contributed by atoms with Crippen molar-refractivity contribution < 1.29 is 0 Å². The van der Waals surface area contributed by atoms with Gasteiger partial charge in [0.1, 0.15) is 0 Å². The summed E-state index contributed by atoms with van der Waals surface area (Å²) in [6.45, 7) is 2.22. The van der Waals surface area contributed by atoms with Gasteiger partial charge in [0.15, 0.2) is 0 Å². The molecule has 3 heteroatoms. The van der Waals surface area contributed by atoms with Gasteiger partial charge in [-0.2, -0.15) is 0 Å². The lowest BCUT2D eigenvalue weighted by Crippen LogP contribution is -2.29. The molecule has 0 saturated heterocycles. The summed E-state index contributed by atoms with van der Waals surface area (Å²) in [6, 6.07) is 0.437. The van der Waals surface area contributed by atoms with Gasteiger partial charge in [0.2, 0.25) is 0 Å². The van der Waals surface area contributed by atoms with Crippen LogP contribution in [0.1, 0.15) is 45.1 Å². The van der Waals surface area contributed by atoms with Gasteiger partial charge >= 0.3 is 5.69 Å². The summed E-state index contributed by atoms with van der Waals surface area (Å²) in [4.78, 5) is 14.2. The fraction of sp³-hybridized carbons (Fsp3) is 0.727. The number of nitrogens with zero attached hydrogens (tertiary/aromatic N) is 1. The Hall–Kier alpha value is -0.990. The van der Waals surface area contributed by atoms with Crippen LogP contribution < -0.4 is 5.69 Å². The fourth-order valence-corrected chi connectivity index (χ4v) is 2.62. The van der Waals surface area contributed by atoms with Crippen molar-refractivity contribution in [3.63, 3.8) is 0 Å². The molecular weight excluding hydrogens is 176 g/mol. The normalized spacial score (nSPS) is 27.8. The Bertz CT molecular complexity index is 339. The molecule has 0 aliphatic heterocycles. The van der Waals surface area contributed by atoms with Crippen LogP contribution in [0.25, 0.3) is 0 Å². The van der Waals surface area contributed by atoms with E-state index in [1.54, 1.807) is 6.20 Å².